The van der Waals surface area contributed by atoms with Gasteiger partial charge in [0.1, 0.15) is 0 Å². The lowest BCUT2D eigenvalue weighted by atomic mass is 9.86. The molecule has 2 aliphatic carbocycles. The lowest BCUT2D eigenvalue weighted by Crippen LogP contribution is -2.40. The van der Waals surface area contributed by atoms with Gasteiger partial charge in [0.25, 0.3) is 0 Å². The number of carbonyl (C=O) groups excluding carboxylic acids is 1. The van der Waals surface area contributed by atoms with Crippen molar-refractivity contribution >= 4 is 5.91 Å². The lowest BCUT2D eigenvalue weighted by molar-refractivity contribution is -0.123. The molecule has 0 bridgehead atoms. The summed E-state index contributed by atoms with van der Waals surface area (Å²) < 4.78 is 0. The largest absolute Gasteiger partial charge is 0.353 e. The van der Waals surface area contributed by atoms with E-state index in [2.05, 4.69) is 5.32 Å². The van der Waals surface area contributed by atoms with Gasteiger partial charge in [0.15, 0.2) is 0 Å². The molecule has 2 saturated carbocycles. The van der Waals surface area contributed by atoms with Crippen molar-refractivity contribution in [1.29, 1.82) is 0 Å². The molecule has 2 aliphatic rings. The lowest BCUT2D eigenvalue weighted by Gasteiger charge is -2.28. The topological polar surface area (TPSA) is 29.1 Å². The van der Waals surface area contributed by atoms with Crippen molar-refractivity contribution in [2.75, 3.05) is 0 Å². The third-order valence-corrected chi connectivity index (χ3v) is 3.67. The van der Waals surface area contributed by atoms with Crippen molar-refractivity contribution in [3.8, 4) is 0 Å². The molecule has 2 heteroatoms. The second-order valence-electron chi connectivity index (χ2n) is 4.90. The van der Waals surface area contributed by atoms with Gasteiger partial charge in [-0.3, -0.25) is 4.79 Å². The van der Waals surface area contributed by atoms with Crippen LogP contribution < -0.4 is 5.32 Å². The molecule has 0 aliphatic heterocycles. The van der Waals surface area contributed by atoms with E-state index in [0.29, 0.717) is 17.9 Å². The summed E-state index contributed by atoms with van der Waals surface area (Å²) in [6.07, 6.45) is 11.1. The van der Waals surface area contributed by atoms with Crippen LogP contribution in [0.1, 0.15) is 57.8 Å². The number of hydrogen-bond acceptors (Lipinski definition) is 1. The highest BCUT2D eigenvalue weighted by atomic mass is 16.1. The van der Waals surface area contributed by atoms with Gasteiger partial charge >= 0.3 is 0 Å². The van der Waals surface area contributed by atoms with E-state index in [1.54, 1.807) is 0 Å². The first-order valence-corrected chi connectivity index (χ1v) is 6.14. The molecule has 0 radical (unpaired) electrons. The molecule has 0 spiro atoms. The molecule has 2 fully saturated rings. The van der Waals surface area contributed by atoms with Crippen molar-refractivity contribution in [1.82, 2.24) is 5.32 Å². The second kappa shape index (κ2) is 4.81. The van der Waals surface area contributed by atoms with Crippen LogP contribution in [0.15, 0.2) is 0 Å². The van der Waals surface area contributed by atoms with Crippen LogP contribution >= 0.6 is 0 Å². The van der Waals surface area contributed by atoms with Crippen LogP contribution in [0.4, 0.5) is 0 Å². The van der Waals surface area contributed by atoms with E-state index in [9.17, 15) is 4.79 Å². The first-order valence-electron chi connectivity index (χ1n) is 6.14. The predicted octanol–water partition coefficient (Wildman–Crippen LogP) is 2.63. The Kier molecular flexibility index (Phi) is 3.44. The number of amides is 1. The Morgan fingerprint density at radius 1 is 1.00 bits per heavy atom. The quantitative estimate of drug-likeness (QED) is 0.737. The molecule has 0 atom stereocenters. The molecule has 80 valence electrons. The van der Waals surface area contributed by atoms with Gasteiger partial charge in [0, 0.05) is 12.5 Å². The SMILES string of the molecule is O=C(CC1CCCCC1)NC1CCC1. The summed E-state index contributed by atoms with van der Waals surface area (Å²) in [5.41, 5.74) is 0. The van der Waals surface area contributed by atoms with Gasteiger partial charge in [-0.25, -0.2) is 0 Å². The molecule has 0 saturated heterocycles. The van der Waals surface area contributed by atoms with E-state index in [0.717, 1.165) is 6.42 Å². The first kappa shape index (κ1) is 10.0. The van der Waals surface area contributed by atoms with E-state index in [1.165, 1.54) is 51.4 Å². The van der Waals surface area contributed by atoms with Crippen LogP contribution in [0, 0.1) is 5.92 Å². The fourth-order valence-corrected chi connectivity index (χ4v) is 2.49. The van der Waals surface area contributed by atoms with Gasteiger partial charge in [-0.1, -0.05) is 19.3 Å². The van der Waals surface area contributed by atoms with E-state index in [1.807, 2.05) is 0 Å². The van der Waals surface area contributed by atoms with Crippen LogP contribution in [0.3, 0.4) is 0 Å². The molecule has 0 heterocycles. The van der Waals surface area contributed by atoms with Crippen LogP contribution in [-0.2, 0) is 4.79 Å². The van der Waals surface area contributed by atoms with Crippen molar-refractivity contribution in [3.63, 3.8) is 0 Å². The van der Waals surface area contributed by atoms with E-state index in [-0.39, 0.29) is 0 Å². The zero-order valence-corrected chi connectivity index (χ0v) is 8.93. The average molecular weight is 195 g/mol. The van der Waals surface area contributed by atoms with E-state index in [4.69, 9.17) is 0 Å². The molecule has 1 N–H and O–H groups in total. The van der Waals surface area contributed by atoms with Gasteiger partial charge in [0.2, 0.25) is 5.91 Å². The Balaban J connectivity index is 1.64. The molecule has 0 aromatic carbocycles. The highest BCUT2D eigenvalue weighted by molar-refractivity contribution is 5.76. The highest BCUT2D eigenvalue weighted by Gasteiger charge is 2.22. The van der Waals surface area contributed by atoms with Crippen LogP contribution in [-0.4, -0.2) is 11.9 Å². The summed E-state index contributed by atoms with van der Waals surface area (Å²) in [5, 5.41) is 3.12. The van der Waals surface area contributed by atoms with Gasteiger partial charge < -0.3 is 5.32 Å². The monoisotopic (exact) mass is 195 g/mol. The summed E-state index contributed by atoms with van der Waals surface area (Å²) in [6, 6.07) is 0.520. The molecule has 2 nitrogen and oxygen atoms in total. The average Bonchev–Trinajstić information content (AvgIpc) is 2.13. The van der Waals surface area contributed by atoms with Gasteiger partial charge in [-0.2, -0.15) is 0 Å². The third kappa shape index (κ3) is 2.73. The van der Waals surface area contributed by atoms with Gasteiger partial charge in [-0.15, -0.1) is 0 Å². The minimum absolute atomic E-state index is 0.307. The zero-order chi connectivity index (χ0) is 9.80. The Morgan fingerprint density at radius 3 is 2.29 bits per heavy atom. The summed E-state index contributed by atoms with van der Waals surface area (Å²) >= 11 is 0. The molecule has 0 aromatic heterocycles. The summed E-state index contributed by atoms with van der Waals surface area (Å²) in [7, 11) is 0. The molecular weight excluding hydrogens is 174 g/mol. The minimum atomic E-state index is 0.307. The minimum Gasteiger partial charge on any atom is -0.353 e. The summed E-state index contributed by atoms with van der Waals surface area (Å²) in [6.45, 7) is 0. The highest BCUT2D eigenvalue weighted by Crippen LogP contribution is 2.26. The van der Waals surface area contributed by atoms with Crippen molar-refractivity contribution < 1.29 is 4.79 Å². The maximum atomic E-state index is 11.6. The fraction of sp³-hybridized carbons (Fsp3) is 0.917. The molecule has 0 unspecified atom stereocenters. The smallest absolute Gasteiger partial charge is 0.220 e. The Hall–Kier alpha value is -0.530. The van der Waals surface area contributed by atoms with E-state index >= 15 is 0 Å². The van der Waals surface area contributed by atoms with Crippen molar-refractivity contribution in [2.24, 2.45) is 5.92 Å². The Bertz CT molecular complexity index is 192. The maximum absolute atomic E-state index is 11.6. The standard InChI is InChI=1S/C12H21NO/c14-12(13-11-7-4-8-11)9-10-5-2-1-3-6-10/h10-11H,1-9H2,(H,13,14). The molecule has 0 aromatic rings. The predicted molar refractivity (Wildman–Crippen MR) is 57.0 cm³/mol. The number of carbonyl (C=O) groups is 1. The first-order chi connectivity index (χ1) is 6.84. The molecule has 2 rings (SSSR count). The molecular formula is C12H21NO. The normalized spacial score (nSPS) is 24.3. The van der Waals surface area contributed by atoms with Crippen molar-refractivity contribution in [3.05, 3.63) is 0 Å². The fourth-order valence-electron chi connectivity index (χ4n) is 2.49. The zero-order valence-electron chi connectivity index (χ0n) is 8.93. The van der Waals surface area contributed by atoms with Gasteiger partial charge in [0.05, 0.1) is 0 Å². The maximum Gasteiger partial charge on any atom is 0.220 e. The third-order valence-electron chi connectivity index (χ3n) is 3.67. The number of rotatable bonds is 3. The summed E-state index contributed by atoms with van der Waals surface area (Å²) in [5.74, 6) is 0.991. The molecule has 14 heavy (non-hydrogen) atoms. The Labute approximate surface area is 86.5 Å². The van der Waals surface area contributed by atoms with Gasteiger partial charge in [-0.05, 0) is 38.0 Å². The molecule has 1 amide bonds. The number of hydrogen-bond donors (Lipinski definition) is 1. The Morgan fingerprint density at radius 2 is 1.71 bits per heavy atom. The van der Waals surface area contributed by atoms with E-state index < -0.39 is 0 Å². The number of nitrogens with one attached hydrogen (secondary N) is 1. The van der Waals surface area contributed by atoms with Crippen LogP contribution in [0.25, 0.3) is 0 Å². The van der Waals surface area contributed by atoms with Crippen LogP contribution in [0.5, 0.6) is 0 Å². The van der Waals surface area contributed by atoms with Crippen molar-refractivity contribution in [2.45, 2.75) is 63.8 Å². The van der Waals surface area contributed by atoms with Crippen LogP contribution in [0.2, 0.25) is 0 Å². The second-order valence-corrected chi connectivity index (χ2v) is 4.90. The summed E-state index contributed by atoms with van der Waals surface area (Å²) in [4.78, 5) is 11.6.